The molecule has 0 aliphatic heterocycles. The molecule has 0 N–H and O–H groups in total. The zero-order valence-electron chi connectivity index (χ0n) is 7.29. The second-order valence-electron chi connectivity index (χ2n) is 2.82. The molecule has 2 rings (SSSR count). The summed E-state index contributed by atoms with van der Waals surface area (Å²) < 4.78 is 6.27. The summed E-state index contributed by atoms with van der Waals surface area (Å²) in [6, 6.07) is 5.93. The highest BCUT2D eigenvalue weighted by Gasteiger charge is 2.09. The van der Waals surface area contributed by atoms with Crippen molar-refractivity contribution in [2.45, 2.75) is 6.92 Å². The van der Waals surface area contributed by atoms with Crippen LogP contribution < -0.4 is 0 Å². The Labute approximate surface area is 97.8 Å². The number of rotatable bonds is 1. The molecule has 0 spiro atoms. The Morgan fingerprint density at radius 3 is 2.64 bits per heavy atom. The lowest BCUT2D eigenvalue weighted by Gasteiger charge is -2.00. The Balaban J connectivity index is 2.55. The second kappa shape index (κ2) is 3.82. The lowest BCUT2D eigenvalue weighted by molar-refractivity contribution is 0.540. The molecule has 0 unspecified atom stereocenters. The van der Waals surface area contributed by atoms with Gasteiger partial charge >= 0.3 is 0 Å². The zero-order chi connectivity index (χ0) is 10.1. The molecule has 0 aliphatic carbocycles. The van der Waals surface area contributed by atoms with Crippen LogP contribution in [-0.4, -0.2) is 10.2 Å². The van der Waals surface area contributed by atoms with Gasteiger partial charge in [-0.15, -0.1) is 10.2 Å². The summed E-state index contributed by atoms with van der Waals surface area (Å²) in [6.07, 6.45) is 0. The third-order valence-electron chi connectivity index (χ3n) is 1.83. The molecular formula is C9H6Br2N2O. The average Bonchev–Trinajstić information content (AvgIpc) is 2.56. The van der Waals surface area contributed by atoms with E-state index in [1.165, 1.54) is 0 Å². The molecular weight excluding hydrogens is 312 g/mol. The van der Waals surface area contributed by atoms with E-state index in [9.17, 15) is 0 Å². The summed E-state index contributed by atoms with van der Waals surface area (Å²) in [5.74, 6) is 0.524. The highest BCUT2D eigenvalue weighted by molar-refractivity contribution is 9.10. The van der Waals surface area contributed by atoms with Crippen molar-refractivity contribution in [3.05, 3.63) is 33.0 Å². The minimum atomic E-state index is 0.395. The first kappa shape index (κ1) is 9.86. The van der Waals surface area contributed by atoms with Crippen LogP contribution in [0.1, 0.15) is 5.56 Å². The molecule has 0 saturated carbocycles. The molecule has 1 aromatic heterocycles. The average molecular weight is 318 g/mol. The Morgan fingerprint density at radius 2 is 2.00 bits per heavy atom. The lowest BCUT2D eigenvalue weighted by Crippen LogP contribution is -1.83. The minimum Gasteiger partial charge on any atom is -0.411 e. The third kappa shape index (κ3) is 1.88. The van der Waals surface area contributed by atoms with Crippen molar-refractivity contribution >= 4 is 31.9 Å². The van der Waals surface area contributed by atoms with Crippen molar-refractivity contribution in [2.75, 3.05) is 0 Å². The van der Waals surface area contributed by atoms with Crippen LogP contribution in [0.15, 0.2) is 31.9 Å². The predicted octanol–water partition coefficient (Wildman–Crippen LogP) is 3.57. The minimum absolute atomic E-state index is 0.395. The molecule has 0 amide bonds. The van der Waals surface area contributed by atoms with Crippen LogP contribution in [0, 0.1) is 6.92 Å². The molecule has 0 aliphatic rings. The van der Waals surface area contributed by atoms with Gasteiger partial charge in [0.1, 0.15) is 0 Å². The first-order chi connectivity index (χ1) is 6.66. The highest BCUT2D eigenvalue weighted by atomic mass is 79.9. The summed E-state index contributed by atoms with van der Waals surface area (Å²) in [4.78, 5) is 0.395. The molecule has 3 nitrogen and oxygen atoms in total. The zero-order valence-corrected chi connectivity index (χ0v) is 10.5. The second-order valence-corrected chi connectivity index (χ2v) is 4.41. The SMILES string of the molecule is Cc1ccc(Br)cc1-c1nnc(Br)o1. The summed E-state index contributed by atoms with van der Waals surface area (Å²) in [5, 5.41) is 7.65. The quantitative estimate of drug-likeness (QED) is 0.807. The lowest BCUT2D eigenvalue weighted by atomic mass is 10.1. The van der Waals surface area contributed by atoms with Crippen molar-refractivity contribution in [3.63, 3.8) is 0 Å². The fourth-order valence-electron chi connectivity index (χ4n) is 1.14. The molecule has 72 valence electrons. The maximum Gasteiger partial charge on any atom is 0.285 e. The van der Waals surface area contributed by atoms with Gasteiger partial charge in [0.2, 0.25) is 5.89 Å². The first-order valence-corrected chi connectivity index (χ1v) is 5.51. The van der Waals surface area contributed by atoms with Crippen molar-refractivity contribution in [1.82, 2.24) is 10.2 Å². The van der Waals surface area contributed by atoms with Crippen LogP contribution in [0.5, 0.6) is 0 Å². The summed E-state index contributed by atoms with van der Waals surface area (Å²) >= 11 is 6.52. The predicted molar refractivity (Wildman–Crippen MR) is 59.9 cm³/mol. The van der Waals surface area contributed by atoms with E-state index in [-0.39, 0.29) is 0 Å². The van der Waals surface area contributed by atoms with E-state index in [2.05, 4.69) is 42.1 Å². The summed E-state index contributed by atoms with van der Waals surface area (Å²) in [5.41, 5.74) is 2.04. The van der Waals surface area contributed by atoms with E-state index in [1.807, 2.05) is 25.1 Å². The fraction of sp³-hybridized carbons (Fsp3) is 0.111. The largest absolute Gasteiger partial charge is 0.411 e. The van der Waals surface area contributed by atoms with E-state index in [0.29, 0.717) is 10.7 Å². The van der Waals surface area contributed by atoms with Gasteiger partial charge in [-0.25, -0.2) is 0 Å². The Morgan fingerprint density at radius 1 is 1.21 bits per heavy atom. The van der Waals surface area contributed by atoms with Gasteiger partial charge in [0.25, 0.3) is 4.80 Å². The molecule has 0 saturated heterocycles. The van der Waals surface area contributed by atoms with Crippen molar-refractivity contribution in [2.24, 2.45) is 0 Å². The number of benzene rings is 1. The van der Waals surface area contributed by atoms with E-state index < -0.39 is 0 Å². The smallest absolute Gasteiger partial charge is 0.285 e. The number of halogens is 2. The van der Waals surface area contributed by atoms with Gasteiger partial charge in [-0.2, -0.15) is 0 Å². The normalized spacial score (nSPS) is 10.5. The third-order valence-corrected chi connectivity index (χ3v) is 2.64. The van der Waals surface area contributed by atoms with Gasteiger partial charge in [0.05, 0.1) is 0 Å². The Hall–Kier alpha value is -0.680. The van der Waals surface area contributed by atoms with Crippen molar-refractivity contribution < 1.29 is 4.42 Å². The van der Waals surface area contributed by atoms with Crippen molar-refractivity contribution in [3.8, 4) is 11.5 Å². The molecule has 5 heteroatoms. The number of nitrogens with zero attached hydrogens (tertiary/aromatic N) is 2. The molecule has 14 heavy (non-hydrogen) atoms. The number of aryl methyl sites for hydroxylation is 1. The molecule has 0 radical (unpaired) electrons. The summed E-state index contributed by atoms with van der Waals surface area (Å²) in [6.45, 7) is 2.00. The fourth-order valence-corrected chi connectivity index (χ4v) is 1.73. The Kier molecular flexibility index (Phi) is 2.69. The van der Waals surface area contributed by atoms with Crippen molar-refractivity contribution in [1.29, 1.82) is 0 Å². The van der Waals surface area contributed by atoms with Gasteiger partial charge in [-0.1, -0.05) is 22.0 Å². The maximum absolute atomic E-state index is 5.28. The number of hydrogen-bond donors (Lipinski definition) is 0. The van der Waals surface area contributed by atoms with Gasteiger partial charge in [0.15, 0.2) is 0 Å². The monoisotopic (exact) mass is 316 g/mol. The number of aromatic nitrogens is 2. The highest BCUT2D eigenvalue weighted by Crippen LogP contribution is 2.26. The van der Waals surface area contributed by atoms with Gasteiger partial charge < -0.3 is 4.42 Å². The van der Waals surface area contributed by atoms with E-state index >= 15 is 0 Å². The van der Waals surface area contributed by atoms with Gasteiger partial charge in [-0.3, -0.25) is 0 Å². The standard InChI is InChI=1S/C9H6Br2N2O/c1-5-2-3-6(10)4-7(5)8-12-13-9(11)14-8/h2-4H,1H3. The van der Waals surface area contributed by atoms with Crippen LogP contribution in [0.4, 0.5) is 0 Å². The van der Waals surface area contributed by atoms with Crippen LogP contribution in [0.2, 0.25) is 0 Å². The van der Waals surface area contributed by atoms with Gasteiger partial charge in [-0.05, 0) is 24.6 Å². The summed E-state index contributed by atoms with van der Waals surface area (Å²) in [7, 11) is 0. The molecule has 0 atom stereocenters. The van der Waals surface area contributed by atoms with Crippen LogP contribution in [0.25, 0.3) is 11.5 Å². The topological polar surface area (TPSA) is 38.9 Å². The van der Waals surface area contributed by atoms with Crippen LogP contribution >= 0.6 is 31.9 Å². The molecule has 0 bridgehead atoms. The van der Waals surface area contributed by atoms with E-state index in [0.717, 1.165) is 15.6 Å². The van der Waals surface area contributed by atoms with E-state index in [1.54, 1.807) is 0 Å². The maximum atomic E-state index is 5.28. The van der Waals surface area contributed by atoms with Crippen LogP contribution in [-0.2, 0) is 0 Å². The molecule has 1 aromatic carbocycles. The molecule has 2 aromatic rings. The Bertz CT molecular complexity index is 468. The first-order valence-electron chi connectivity index (χ1n) is 3.92. The van der Waals surface area contributed by atoms with Gasteiger partial charge in [0, 0.05) is 26.0 Å². The number of hydrogen-bond acceptors (Lipinski definition) is 3. The molecule has 1 heterocycles. The van der Waals surface area contributed by atoms with Crippen LogP contribution in [0.3, 0.4) is 0 Å². The molecule has 0 fully saturated rings. The van der Waals surface area contributed by atoms with E-state index in [4.69, 9.17) is 4.42 Å².